The molecule has 1 heterocycles. The molecule has 0 unspecified atom stereocenters. The SMILES string of the molecule is COc1ccccc1CCNC(=S)NC[C@H]1CCCO1. The Bertz CT molecular complexity index is 434. The fourth-order valence-electron chi connectivity index (χ4n) is 2.29. The summed E-state index contributed by atoms with van der Waals surface area (Å²) in [6.07, 6.45) is 3.46. The number of para-hydroxylation sites is 1. The summed E-state index contributed by atoms with van der Waals surface area (Å²) in [6.45, 7) is 2.46. The second-order valence-corrected chi connectivity index (χ2v) is 5.24. The van der Waals surface area contributed by atoms with Gasteiger partial charge in [-0.1, -0.05) is 18.2 Å². The van der Waals surface area contributed by atoms with E-state index in [1.165, 1.54) is 5.56 Å². The van der Waals surface area contributed by atoms with Crippen molar-refractivity contribution in [3.05, 3.63) is 29.8 Å². The van der Waals surface area contributed by atoms with Crippen molar-refractivity contribution in [1.29, 1.82) is 0 Å². The number of benzene rings is 1. The summed E-state index contributed by atoms with van der Waals surface area (Å²) in [5.41, 5.74) is 1.18. The molecule has 0 aliphatic carbocycles. The van der Waals surface area contributed by atoms with Crippen LogP contribution in [0.2, 0.25) is 0 Å². The molecular weight excluding hydrogens is 272 g/mol. The quantitative estimate of drug-likeness (QED) is 0.784. The predicted octanol–water partition coefficient (Wildman–Crippen LogP) is 1.88. The van der Waals surface area contributed by atoms with Gasteiger partial charge >= 0.3 is 0 Å². The maximum absolute atomic E-state index is 5.54. The van der Waals surface area contributed by atoms with E-state index >= 15 is 0 Å². The summed E-state index contributed by atoms with van der Waals surface area (Å²) in [7, 11) is 1.69. The van der Waals surface area contributed by atoms with Crippen LogP contribution in [-0.4, -0.2) is 38.0 Å². The zero-order chi connectivity index (χ0) is 14.2. The van der Waals surface area contributed by atoms with Crippen LogP contribution in [0.15, 0.2) is 24.3 Å². The monoisotopic (exact) mass is 294 g/mol. The van der Waals surface area contributed by atoms with Gasteiger partial charge in [0.2, 0.25) is 0 Å². The topological polar surface area (TPSA) is 42.5 Å². The smallest absolute Gasteiger partial charge is 0.166 e. The van der Waals surface area contributed by atoms with E-state index in [4.69, 9.17) is 21.7 Å². The molecule has 0 saturated carbocycles. The summed E-state index contributed by atoms with van der Waals surface area (Å²) in [5, 5.41) is 7.11. The predicted molar refractivity (Wildman–Crippen MR) is 84.3 cm³/mol. The molecule has 20 heavy (non-hydrogen) atoms. The van der Waals surface area contributed by atoms with E-state index in [0.717, 1.165) is 44.7 Å². The van der Waals surface area contributed by atoms with E-state index in [9.17, 15) is 0 Å². The summed E-state index contributed by atoms with van der Waals surface area (Å²) >= 11 is 5.26. The van der Waals surface area contributed by atoms with Gasteiger partial charge in [0, 0.05) is 19.7 Å². The molecule has 1 aliphatic heterocycles. The lowest BCUT2D eigenvalue weighted by Gasteiger charge is -2.14. The standard InChI is InChI=1S/C15H22N2O2S/c1-18-14-7-3-2-5-12(14)8-9-16-15(20)17-11-13-6-4-10-19-13/h2-3,5,7,13H,4,6,8-11H2,1H3,(H2,16,17,20)/t13-/m1/s1. The average Bonchev–Trinajstić information content (AvgIpc) is 2.99. The summed E-state index contributed by atoms with van der Waals surface area (Å²) < 4.78 is 10.9. The second-order valence-electron chi connectivity index (χ2n) is 4.83. The van der Waals surface area contributed by atoms with Crippen LogP contribution in [0.3, 0.4) is 0 Å². The molecule has 0 bridgehead atoms. The lowest BCUT2D eigenvalue weighted by atomic mass is 10.1. The molecule has 1 aromatic carbocycles. The molecule has 0 radical (unpaired) electrons. The molecular formula is C15H22N2O2S. The van der Waals surface area contributed by atoms with Crippen LogP contribution in [0.1, 0.15) is 18.4 Å². The molecule has 1 saturated heterocycles. The molecule has 0 spiro atoms. The molecule has 110 valence electrons. The van der Waals surface area contributed by atoms with E-state index in [-0.39, 0.29) is 0 Å². The Morgan fingerprint density at radius 3 is 3.00 bits per heavy atom. The van der Waals surface area contributed by atoms with Crippen LogP contribution in [0.4, 0.5) is 0 Å². The first-order valence-electron chi connectivity index (χ1n) is 7.05. The van der Waals surface area contributed by atoms with Gasteiger partial charge < -0.3 is 20.1 Å². The number of thiocarbonyl (C=S) groups is 1. The lowest BCUT2D eigenvalue weighted by Crippen LogP contribution is -2.40. The fraction of sp³-hybridized carbons (Fsp3) is 0.533. The number of nitrogens with one attached hydrogen (secondary N) is 2. The molecule has 5 heteroatoms. The van der Waals surface area contributed by atoms with Crippen molar-refractivity contribution >= 4 is 17.3 Å². The molecule has 1 fully saturated rings. The van der Waals surface area contributed by atoms with Crippen molar-refractivity contribution in [3.63, 3.8) is 0 Å². The van der Waals surface area contributed by atoms with E-state index in [0.29, 0.717) is 11.2 Å². The minimum Gasteiger partial charge on any atom is -0.496 e. The van der Waals surface area contributed by atoms with Gasteiger partial charge in [0.25, 0.3) is 0 Å². The Morgan fingerprint density at radius 1 is 1.40 bits per heavy atom. The Kier molecular flexibility index (Phi) is 6.08. The number of hydrogen-bond donors (Lipinski definition) is 2. The van der Waals surface area contributed by atoms with E-state index < -0.39 is 0 Å². The van der Waals surface area contributed by atoms with E-state index in [2.05, 4.69) is 16.7 Å². The third-order valence-corrected chi connectivity index (χ3v) is 3.68. The maximum Gasteiger partial charge on any atom is 0.166 e. The van der Waals surface area contributed by atoms with Gasteiger partial charge in [-0.3, -0.25) is 0 Å². The Labute approximate surface area is 125 Å². The van der Waals surface area contributed by atoms with Crippen molar-refractivity contribution in [2.75, 3.05) is 26.8 Å². The molecule has 1 aromatic rings. The fourth-order valence-corrected chi connectivity index (χ4v) is 2.48. The zero-order valence-corrected chi connectivity index (χ0v) is 12.7. The van der Waals surface area contributed by atoms with Crippen molar-refractivity contribution < 1.29 is 9.47 Å². The van der Waals surface area contributed by atoms with E-state index in [1.807, 2.05) is 18.2 Å². The highest BCUT2D eigenvalue weighted by atomic mass is 32.1. The Hall–Kier alpha value is -1.33. The minimum absolute atomic E-state index is 0.309. The molecule has 0 aromatic heterocycles. The molecule has 0 amide bonds. The molecule has 2 N–H and O–H groups in total. The van der Waals surface area contributed by atoms with Crippen molar-refractivity contribution in [2.24, 2.45) is 0 Å². The van der Waals surface area contributed by atoms with Crippen LogP contribution in [0, 0.1) is 0 Å². The van der Waals surface area contributed by atoms with Gasteiger partial charge in [0.1, 0.15) is 5.75 Å². The van der Waals surface area contributed by atoms with Crippen molar-refractivity contribution in [3.8, 4) is 5.75 Å². The van der Waals surface area contributed by atoms with E-state index in [1.54, 1.807) is 7.11 Å². The molecule has 4 nitrogen and oxygen atoms in total. The molecule has 1 aliphatic rings. The van der Waals surface area contributed by atoms with Crippen LogP contribution < -0.4 is 15.4 Å². The highest BCUT2D eigenvalue weighted by molar-refractivity contribution is 7.80. The highest BCUT2D eigenvalue weighted by Crippen LogP contribution is 2.17. The minimum atomic E-state index is 0.309. The van der Waals surface area contributed by atoms with Crippen LogP contribution in [0.5, 0.6) is 5.75 Å². The number of methoxy groups -OCH3 is 1. The number of hydrogen-bond acceptors (Lipinski definition) is 3. The normalized spacial score (nSPS) is 17.8. The summed E-state index contributed by atoms with van der Waals surface area (Å²) in [4.78, 5) is 0. The van der Waals surface area contributed by atoms with Gasteiger partial charge in [0.15, 0.2) is 5.11 Å². The first-order valence-corrected chi connectivity index (χ1v) is 7.45. The van der Waals surface area contributed by atoms with Gasteiger partial charge in [-0.15, -0.1) is 0 Å². The zero-order valence-electron chi connectivity index (χ0n) is 11.9. The van der Waals surface area contributed by atoms with Gasteiger partial charge in [0.05, 0.1) is 13.2 Å². The van der Waals surface area contributed by atoms with Crippen LogP contribution in [0.25, 0.3) is 0 Å². The number of ether oxygens (including phenoxy) is 2. The van der Waals surface area contributed by atoms with Gasteiger partial charge in [-0.2, -0.15) is 0 Å². The van der Waals surface area contributed by atoms with Crippen molar-refractivity contribution in [1.82, 2.24) is 10.6 Å². The first-order chi connectivity index (χ1) is 9.79. The largest absolute Gasteiger partial charge is 0.496 e. The Balaban J connectivity index is 1.65. The van der Waals surface area contributed by atoms with Crippen molar-refractivity contribution in [2.45, 2.75) is 25.4 Å². The summed E-state index contributed by atoms with van der Waals surface area (Å²) in [6, 6.07) is 8.04. The Morgan fingerprint density at radius 2 is 2.25 bits per heavy atom. The summed E-state index contributed by atoms with van der Waals surface area (Å²) in [5.74, 6) is 0.924. The second kappa shape index (κ2) is 8.07. The third kappa shape index (κ3) is 4.65. The van der Waals surface area contributed by atoms with Crippen LogP contribution in [-0.2, 0) is 11.2 Å². The third-order valence-electron chi connectivity index (χ3n) is 3.39. The average molecular weight is 294 g/mol. The van der Waals surface area contributed by atoms with Crippen LogP contribution >= 0.6 is 12.2 Å². The lowest BCUT2D eigenvalue weighted by molar-refractivity contribution is 0.114. The maximum atomic E-state index is 5.54. The molecule has 1 atom stereocenters. The van der Waals surface area contributed by atoms with Gasteiger partial charge in [-0.25, -0.2) is 0 Å². The highest BCUT2D eigenvalue weighted by Gasteiger charge is 2.15. The number of rotatable bonds is 6. The first kappa shape index (κ1) is 15.1. The van der Waals surface area contributed by atoms with Gasteiger partial charge in [-0.05, 0) is 43.1 Å². The molecule has 2 rings (SSSR count).